The van der Waals surface area contributed by atoms with Gasteiger partial charge in [0.15, 0.2) is 0 Å². The van der Waals surface area contributed by atoms with Gasteiger partial charge in [0.25, 0.3) is 0 Å². The van der Waals surface area contributed by atoms with Gasteiger partial charge in [0.2, 0.25) is 0 Å². The van der Waals surface area contributed by atoms with Crippen molar-refractivity contribution >= 4 is 35.1 Å². The minimum absolute atomic E-state index is 0.0628. The van der Waals surface area contributed by atoms with E-state index in [4.69, 9.17) is 0 Å². The summed E-state index contributed by atoms with van der Waals surface area (Å²) in [6.07, 6.45) is 0. The van der Waals surface area contributed by atoms with Crippen molar-refractivity contribution < 1.29 is 0 Å². The molecule has 0 saturated carbocycles. The highest BCUT2D eigenvalue weighted by Crippen LogP contribution is 2.50. The van der Waals surface area contributed by atoms with Gasteiger partial charge in [-0.05, 0) is 40.5 Å². The zero-order valence-corrected chi connectivity index (χ0v) is 13.7. The van der Waals surface area contributed by atoms with E-state index in [1.807, 2.05) is 0 Å². The molecule has 0 amide bonds. The highest BCUT2D eigenvalue weighted by molar-refractivity contribution is 6.33. The number of rotatable bonds is 0. The van der Waals surface area contributed by atoms with Gasteiger partial charge in [0.05, 0.1) is 0 Å². The molecule has 1 aliphatic rings. The van der Waals surface area contributed by atoms with Crippen molar-refractivity contribution in [2.24, 2.45) is 0 Å². The first-order valence-corrected chi connectivity index (χ1v) is 8.22. The minimum Gasteiger partial charge on any atom is -0.355 e. The molecular formula is C21H18BN. The second-order valence-electron chi connectivity index (χ2n) is 7.29. The Morgan fingerprint density at radius 3 is 2.43 bits per heavy atom. The Kier molecular flexibility index (Phi) is 2.31. The van der Waals surface area contributed by atoms with E-state index in [2.05, 4.69) is 81.3 Å². The van der Waals surface area contributed by atoms with E-state index >= 15 is 0 Å². The lowest BCUT2D eigenvalue weighted by Gasteiger charge is -2.21. The molecule has 4 aromatic rings. The molecule has 1 aliphatic carbocycles. The molecule has 0 radical (unpaired) electrons. The summed E-state index contributed by atoms with van der Waals surface area (Å²) in [7, 11) is 2.16. The van der Waals surface area contributed by atoms with Crippen LogP contribution in [0.3, 0.4) is 0 Å². The van der Waals surface area contributed by atoms with Crippen molar-refractivity contribution in [1.29, 1.82) is 0 Å². The summed E-state index contributed by atoms with van der Waals surface area (Å²) in [5.74, 6) is 0. The predicted molar refractivity (Wildman–Crippen MR) is 102 cm³/mol. The van der Waals surface area contributed by atoms with Crippen molar-refractivity contribution in [1.82, 2.24) is 4.98 Å². The van der Waals surface area contributed by atoms with Crippen LogP contribution in [0.15, 0.2) is 54.6 Å². The predicted octanol–water partition coefficient (Wildman–Crippen LogP) is 3.89. The van der Waals surface area contributed by atoms with Crippen LogP contribution in [0, 0.1) is 0 Å². The van der Waals surface area contributed by atoms with E-state index in [-0.39, 0.29) is 5.41 Å². The molecule has 1 N–H and O–H groups in total. The van der Waals surface area contributed by atoms with Crippen LogP contribution in [0.1, 0.15) is 25.0 Å². The number of hydrogen-bond donors (Lipinski definition) is 1. The third kappa shape index (κ3) is 1.58. The van der Waals surface area contributed by atoms with E-state index < -0.39 is 0 Å². The van der Waals surface area contributed by atoms with E-state index in [0.29, 0.717) is 0 Å². The zero-order chi connectivity index (χ0) is 15.8. The van der Waals surface area contributed by atoms with Crippen LogP contribution in [0.4, 0.5) is 0 Å². The molecule has 110 valence electrons. The average Bonchev–Trinajstić information content (AvgIpc) is 3.00. The fourth-order valence-electron chi connectivity index (χ4n) is 4.21. The molecule has 23 heavy (non-hydrogen) atoms. The zero-order valence-electron chi connectivity index (χ0n) is 13.7. The van der Waals surface area contributed by atoms with Crippen molar-refractivity contribution in [2.75, 3.05) is 0 Å². The summed E-state index contributed by atoms with van der Waals surface area (Å²) in [5, 5.41) is 2.65. The maximum atomic E-state index is 3.60. The van der Waals surface area contributed by atoms with Gasteiger partial charge < -0.3 is 4.98 Å². The number of aromatic nitrogens is 1. The Morgan fingerprint density at radius 1 is 0.783 bits per heavy atom. The van der Waals surface area contributed by atoms with Gasteiger partial charge in [0.1, 0.15) is 7.85 Å². The van der Waals surface area contributed by atoms with Crippen molar-refractivity contribution in [2.45, 2.75) is 19.3 Å². The van der Waals surface area contributed by atoms with Gasteiger partial charge >= 0.3 is 0 Å². The van der Waals surface area contributed by atoms with Crippen molar-refractivity contribution in [3.8, 4) is 11.1 Å². The van der Waals surface area contributed by atoms with Crippen molar-refractivity contribution in [3.63, 3.8) is 0 Å². The van der Waals surface area contributed by atoms with Crippen LogP contribution in [-0.2, 0) is 5.41 Å². The second kappa shape index (κ2) is 4.08. The highest BCUT2D eigenvalue weighted by atomic mass is 14.7. The lowest BCUT2D eigenvalue weighted by Crippen LogP contribution is -2.14. The third-order valence-electron chi connectivity index (χ3n) is 5.46. The molecule has 1 aromatic heterocycles. The number of H-pyrrole nitrogens is 1. The van der Waals surface area contributed by atoms with E-state index in [0.717, 1.165) is 0 Å². The second-order valence-corrected chi connectivity index (χ2v) is 7.29. The van der Waals surface area contributed by atoms with Gasteiger partial charge in [-0.25, -0.2) is 0 Å². The van der Waals surface area contributed by atoms with Crippen LogP contribution < -0.4 is 5.46 Å². The Balaban J connectivity index is 1.94. The molecule has 0 fully saturated rings. The standard InChI is InChI=1S/C21H18BN/c1-21(2)17-6-4-3-5-13(17)14-10-16-15-9-12(22)7-8-19(15)23-20(16)11-18(14)21/h3-11,23H,22H2,1-2H3. The van der Waals surface area contributed by atoms with Crippen LogP contribution in [0.2, 0.25) is 0 Å². The fraction of sp³-hybridized carbons (Fsp3) is 0.143. The summed E-state index contributed by atoms with van der Waals surface area (Å²) in [4.78, 5) is 3.60. The molecule has 1 heterocycles. The summed E-state index contributed by atoms with van der Waals surface area (Å²) < 4.78 is 0. The average molecular weight is 295 g/mol. The summed E-state index contributed by atoms with van der Waals surface area (Å²) in [5.41, 5.74) is 9.47. The Labute approximate surface area is 136 Å². The Hall–Kier alpha value is -2.48. The van der Waals surface area contributed by atoms with E-state index in [9.17, 15) is 0 Å². The first-order chi connectivity index (χ1) is 11.1. The Morgan fingerprint density at radius 2 is 1.57 bits per heavy atom. The molecule has 3 aromatic carbocycles. The summed E-state index contributed by atoms with van der Waals surface area (Å²) in [6.45, 7) is 4.66. The third-order valence-corrected chi connectivity index (χ3v) is 5.46. The smallest absolute Gasteiger partial charge is 0.139 e. The monoisotopic (exact) mass is 295 g/mol. The van der Waals surface area contributed by atoms with Crippen LogP contribution in [0.25, 0.3) is 32.9 Å². The molecular weight excluding hydrogens is 277 g/mol. The van der Waals surface area contributed by atoms with Crippen LogP contribution >= 0.6 is 0 Å². The molecule has 0 spiro atoms. The molecule has 5 rings (SSSR count). The van der Waals surface area contributed by atoms with Crippen LogP contribution in [-0.4, -0.2) is 12.8 Å². The van der Waals surface area contributed by atoms with Gasteiger partial charge in [-0.15, -0.1) is 0 Å². The van der Waals surface area contributed by atoms with Crippen LogP contribution in [0.5, 0.6) is 0 Å². The molecule has 2 heteroatoms. The number of hydrogen-bond acceptors (Lipinski definition) is 0. The maximum absolute atomic E-state index is 3.60. The van der Waals surface area contributed by atoms with Crippen molar-refractivity contribution in [3.05, 3.63) is 65.7 Å². The van der Waals surface area contributed by atoms with Gasteiger partial charge in [-0.2, -0.15) is 0 Å². The molecule has 0 bridgehead atoms. The lowest BCUT2D eigenvalue weighted by atomic mass is 9.82. The molecule has 0 saturated heterocycles. The van der Waals surface area contributed by atoms with Gasteiger partial charge in [-0.1, -0.05) is 55.7 Å². The SMILES string of the molecule is Bc1ccc2[nH]c3cc4c(cc3c2c1)-c1ccccc1C4(C)C. The molecule has 0 unspecified atom stereocenters. The number of fused-ring (bicyclic) bond motifs is 6. The molecule has 0 atom stereocenters. The number of nitrogens with one attached hydrogen (secondary N) is 1. The Bertz CT molecular complexity index is 1100. The van der Waals surface area contributed by atoms with Gasteiger partial charge in [0, 0.05) is 27.2 Å². The first kappa shape index (κ1) is 13.0. The maximum Gasteiger partial charge on any atom is 0.139 e. The first-order valence-electron chi connectivity index (χ1n) is 8.22. The topological polar surface area (TPSA) is 15.8 Å². The lowest BCUT2D eigenvalue weighted by molar-refractivity contribution is 0.661. The minimum atomic E-state index is 0.0628. The largest absolute Gasteiger partial charge is 0.355 e. The normalized spacial score (nSPS) is 15.0. The molecule has 1 nitrogen and oxygen atoms in total. The summed E-state index contributed by atoms with van der Waals surface area (Å²) >= 11 is 0. The highest BCUT2D eigenvalue weighted by Gasteiger charge is 2.35. The van der Waals surface area contributed by atoms with E-state index in [1.54, 1.807) is 0 Å². The molecule has 0 aliphatic heterocycles. The number of aromatic amines is 1. The van der Waals surface area contributed by atoms with Gasteiger partial charge in [-0.3, -0.25) is 0 Å². The summed E-state index contributed by atoms with van der Waals surface area (Å²) in [6, 6.07) is 20.2. The quantitative estimate of drug-likeness (QED) is 0.474. The fourth-order valence-corrected chi connectivity index (χ4v) is 4.21. The number of benzene rings is 3. The van der Waals surface area contributed by atoms with E-state index in [1.165, 1.54) is 49.5 Å².